The van der Waals surface area contributed by atoms with Gasteiger partial charge in [0.15, 0.2) is 0 Å². The lowest BCUT2D eigenvalue weighted by molar-refractivity contribution is -0.124. The molecule has 0 bridgehead atoms. The van der Waals surface area contributed by atoms with Gasteiger partial charge in [0.2, 0.25) is 11.8 Å². The molecule has 0 radical (unpaired) electrons. The van der Waals surface area contributed by atoms with E-state index < -0.39 is 24.4 Å². The van der Waals surface area contributed by atoms with E-state index in [9.17, 15) is 19.8 Å². The fourth-order valence-corrected chi connectivity index (χ4v) is 2.77. The smallest absolute Gasteiger partial charge is 0.227 e. The third-order valence-electron chi connectivity index (χ3n) is 4.33. The zero-order chi connectivity index (χ0) is 17.1. The molecular formula is C17H22N2O5. The Balaban J connectivity index is 1.48. The number of benzene rings is 1. The first-order valence-electron chi connectivity index (χ1n) is 8.19. The first kappa shape index (κ1) is 16.9. The molecule has 0 spiro atoms. The van der Waals surface area contributed by atoms with E-state index in [1.807, 2.05) is 6.07 Å². The van der Waals surface area contributed by atoms with Crippen LogP contribution in [0.4, 0.5) is 5.69 Å². The van der Waals surface area contributed by atoms with Crippen LogP contribution in [0.15, 0.2) is 30.3 Å². The van der Waals surface area contributed by atoms with Crippen LogP contribution in [0.2, 0.25) is 0 Å². The Labute approximate surface area is 140 Å². The fourth-order valence-electron chi connectivity index (χ4n) is 2.77. The number of rotatable bonds is 6. The van der Waals surface area contributed by atoms with Crippen LogP contribution in [0.3, 0.4) is 0 Å². The van der Waals surface area contributed by atoms with Crippen molar-refractivity contribution in [2.75, 3.05) is 11.9 Å². The van der Waals surface area contributed by atoms with Gasteiger partial charge < -0.3 is 25.6 Å². The topological polar surface area (TPSA) is 108 Å². The Kier molecular flexibility index (Phi) is 5.13. The molecule has 1 saturated carbocycles. The second-order valence-electron chi connectivity index (χ2n) is 6.33. The molecular weight excluding hydrogens is 312 g/mol. The van der Waals surface area contributed by atoms with Gasteiger partial charge in [-0.25, -0.2) is 0 Å². The molecule has 2 fully saturated rings. The minimum absolute atomic E-state index is 0.0504. The van der Waals surface area contributed by atoms with Gasteiger partial charge in [-0.05, 0) is 25.0 Å². The summed E-state index contributed by atoms with van der Waals surface area (Å²) in [6.45, 7) is 0.129. The highest BCUT2D eigenvalue weighted by Gasteiger charge is 2.43. The second-order valence-corrected chi connectivity index (χ2v) is 6.33. The normalized spacial score (nSPS) is 29.2. The molecule has 1 heterocycles. The van der Waals surface area contributed by atoms with Gasteiger partial charge in [0, 0.05) is 18.2 Å². The number of aliphatic hydroxyl groups excluding tert-OH is 2. The van der Waals surface area contributed by atoms with Crippen molar-refractivity contribution < 1.29 is 24.5 Å². The van der Waals surface area contributed by atoms with Crippen molar-refractivity contribution in [1.29, 1.82) is 0 Å². The number of nitrogens with one attached hydrogen (secondary N) is 2. The molecule has 4 atom stereocenters. The van der Waals surface area contributed by atoms with Gasteiger partial charge in [0.1, 0.15) is 18.3 Å². The lowest BCUT2D eigenvalue weighted by Gasteiger charge is -2.15. The monoisotopic (exact) mass is 334 g/mol. The van der Waals surface area contributed by atoms with Gasteiger partial charge in [0.25, 0.3) is 0 Å². The average molecular weight is 334 g/mol. The number of aliphatic hydroxyl groups is 2. The third kappa shape index (κ3) is 4.11. The Morgan fingerprint density at radius 2 is 1.75 bits per heavy atom. The number of para-hydroxylation sites is 1. The molecule has 1 aromatic rings. The zero-order valence-electron chi connectivity index (χ0n) is 13.2. The van der Waals surface area contributed by atoms with Crippen molar-refractivity contribution in [3.8, 4) is 0 Å². The van der Waals surface area contributed by atoms with Crippen LogP contribution in [-0.2, 0) is 14.3 Å². The van der Waals surface area contributed by atoms with Gasteiger partial charge in [-0.2, -0.15) is 0 Å². The zero-order valence-corrected chi connectivity index (χ0v) is 13.2. The number of ether oxygens (including phenoxy) is 1. The summed E-state index contributed by atoms with van der Waals surface area (Å²) in [5, 5.41) is 25.5. The van der Waals surface area contributed by atoms with Gasteiger partial charge >= 0.3 is 0 Å². The largest absolute Gasteiger partial charge is 0.388 e. The van der Waals surface area contributed by atoms with Crippen LogP contribution in [0.5, 0.6) is 0 Å². The first-order valence-corrected chi connectivity index (χ1v) is 8.19. The number of amides is 2. The highest BCUT2D eigenvalue weighted by Crippen LogP contribution is 2.29. The highest BCUT2D eigenvalue weighted by molar-refractivity contribution is 5.91. The van der Waals surface area contributed by atoms with E-state index in [0.717, 1.165) is 12.8 Å². The summed E-state index contributed by atoms with van der Waals surface area (Å²) in [5.74, 6) is -0.286. The second kappa shape index (κ2) is 7.29. The van der Waals surface area contributed by atoms with Gasteiger partial charge in [-0.1, -0.05) is 18.2 Å². The molecule has 1 aliphatic heterocycles. The van der Waals surface area contributed by atoms with Gasteiger partial charge in [-0.3, -0.25) is 9.59 Å². The lowest BCUT2D eigenvalue weighted by atomic mass is 10.1. The summed E-state index contributed by atoms with van der Waals surface area (Å²) in [5.41, 5.74) is 0.656. The summed E-state index contributed by atoms with van der Waals surface area (Å²) in [7, 11) is 0. The number of carbonyl (C=O) groups excluding carboxylic acids is 2. The quantitative estimate of drug-likeness (QED) is 0.587. The average Bonchev–Trinajstić information content (AvgIpc) is 3.38. The molecule has 1 aromatic carbocycles. The fraction of sp³-hybridized carbons (Fsp3) is 0.529. The van der Waals surface area contributed by atoms with Crippen LogP contribution in [0, 0.1) is 5.92 Å². The van der Waals surface area contributed by atoms with Gasteiger partial charge in [0.05, 0.1) is 12.5 Å². The lowest BCUT2D eigenvalue weighted by Crippen LogP contribution is -2.40. The summed E-state index contributed by atoms with van der Waals surface area (Å²) in [6, 6.07) is 8.97. The molecule has 0 unspecified atom stereocenters. The molecule has 24 heavy (non-hydrogen) atoms. The summed E-state index contributed by atoms with van der Waals surface area (Å²) in [6.07, 6.45) is -2.08. The summed E-state index contributed by atoms with van der Waals surface area (Å²) in [4.78, 5) is 23.7. The number of hydrogen-bond donors (Lipinski definition) is 4. The predicted molar refractivity (Wildman–Crippen MR) is 86.1 cm³/mol. The minimum atomic E-state index is -1.16. The van der Waals surface area contributed by atoms with E-state index in [1.165, 1.54) is 0 Å². The first-order chi connectivity index (χ1) is 11.5. The Bertz CT molecular complexity index is 590. The molecule has 1 aliphatic carbocycles. The van der Waals surface area contributed by atoms with Crippen molar-refractivity contribution in [2.24, 2.45) is 5.92 Å². The van der Waals surface area contributed by atoms with Crippen LogP contribution in [-0.4, -0.2) is 53.0 Å². The van der Waals surface area contributed by atoms with E-state index in [0.29, 0.717) is 5.69 Å². The SMILES string of the molecule is O=C(C[C@H]1O[C@H](CNC(=O)C2CC2)[C@@H](O)[C@H]1O)Nc1ccccc1. The maximum absolute atomic E-state index is 12.0. The number of hydrogen-bond acceptors (Lipinski definition) is 5. The Morgan fingerprint density at radius 3 is 2.42 bits per heavy atom. The minimum Gasteiger partial charge on any atom is -0.388 e. The van der Waals surface area contributed by atoms with E-state index >= 15 is 0 Å². The molecule has 3 rings (SSSR count). The maximum Gasteiger partial charge on any atom is 0.227 e. The summed E-state index contributed by atoms with van der Waals surface area (Å²) < 4.78 is 5.57. The standard InChI is InChI=1S/C17H22N2O5/c20-14(19-11-4-2-1-3-5-11)8-12-15(21)16(22)13(24-12)9-18-17(23)10-6-7-10/h1-5,10,12-13,15-16,21-22H,6-9H2,(H,18,23)(H,19,20)/t12-,13-,15+,16-/m1/s1. The third-order valence-corrected chi connectivity index (χ3v) is 4.33. The molecule has 0 aromatic heterocycles. The maximum atomic E-state index is 12.0. The molecule has 7 nitrogen and oxygen atoms in total. The van der Waals surface area contributed by atoms with E-state index in [1.54, 1.807) is 24.3 Å². The Morgan fingerprint density at radius 1 is 1.08 bits per heavy atom. The Hall–Kier alpha value is -1.96. The van der Waals surface area contributed by atoms with Crippen molar-refractivity contribution in [3.63, 3.8) is 0 Å². The molecule has 2 aliphatic rings. The van der Waals surface area contributed by atoms with Crippen LogP contribution in [0.1, 0.15) is 19.3 Å². The van der Waals surface area contributed by atoms with Crippen LogP contribution < -0.4 is 10.6 Å². The van der Waals surface area contributed by atoms with Crippen molar-refractivity contribution >= 4 is 17.5 Å². The molecule has 7 heteroatoms. The van der Waals surface area contributed by atoms with E-state index in [4.69, 9.17) is 4.74 Å². The number of carbonyl (C=O) groups is 2. The molecule has 2 amide bonds. The summed E-state index contributed by atoms with van der Waals surface area (Å²) >= 11 is 0. The van der Waals surface area contributed by atoms with Gasteiger partial charge in [-0.15, -0.1) is 0 Å². The van der Waals surface area contributed by atoms with Crippen molar-refractivity contribution in [2.45, 2.75) is 43.7 Å². The molecule has 130 valence electrons. The van der Waals surface area contributed by atoms with Crippen molar-refractivity contribution in [1.82, 2.24) is 5.32 Å². The van der Waals surface area contributed by atoms with E-state index in [-0.39, 0.29) is 30.7 Å². The molecule has 1 saturated heterocycles. The van der Waals surface area contributed by atoms with E-state index in [2.05, 4.69) is 10.6 Å². The van der Waals surface area contributed by atoms with Crippen LogP contribution >= 0.6 is 0 Å². The van der Waals surface area contributed by atoms with Crippen LogP contribution in [0.25, 0.3) is 0 Å². The predicted octanol–water partition coefficient (Wildman–Crippen LogP) is 0.0306. The van der Waals surface area contributed by atoms with Crippen molar-refractivity contribution in [3.05, 3.63) is 30.3 Å². The highest BCUT2D eigenvalue weighted by atomic mass is 16.5. The number of anilines is 1. The molecule has 4 N–H and O–H groups in total.